The second kappa shape index (κ2) is 6.69. The van der Waals surface area contributed by atoms with Gasteiger partial charge in [0, 0.05) is 22.9 Å². The van der Waals surface area contributed by atoms with Crippen LogP contribution in [0.25, 0.3) is 0 Å². The zero-order valence-electron chi connectivity index (χ0n) is 12.4. The van der Waals surface area contributed by atoms with Crippen LogP contribution in [0, 0.1) is 0 Å². The van der Waals surface area contributed by atoms with Crippen LogP contribution in [-0.4, -0.2) is 12.7 Å². The number of alkyl halides is 3. The Labute approximate surface area is 166 Å². The van der Waals surface area contributed by atoms with Crippen molar-refractivity contribution < 1.29 is 13.2 Å². The predicted molar refractivity (Wildman–Crippen MR) is 99.8 cm³/mol. The molecule has 132 valence electrons. The van der Waals surface area contributed by atoms with Crippen molar-refractivity contribution >= 4 is 56.4 Å². The highest BCUT2D eigenvalue weighted by atomic mass is 79.9. The molecule has 0 radical (unpaired) electrons. The van der Waals surface area contributed by atoms with Crippen molar-refractivity contribution in [3.05, 3.63) is 73.8 Å². The number of benzene rings is 2. The quantitative estimate of drug-likeness (QED) is 0.417. The van der Waals surface area contributed by atoms with E-state index < -0.39 is 11.6 Å². The molecule has 0 aromatic heterocycles. The summed E-state index contributed by atoms with van der Waals surface area (Å²) in [7, 11) is 0. The molecule has 0 N–H and O–H groups in total. The van der Waals surface area contributed by atoms with E-state index in [1.807, 2.05) is 0 Å². The molecule has 0 aliphatic carbocycles. The average Bonchev–Trinajstić information content (AvgIpc) is 2.98. The van der Waals surface area contributed by atoms with Gasteiger partial charge in [0.1, 0.15) is 5.41 Å². The molecule has 1 atom stereocenters. The maximum Gasteiger partial charge on any atom is 0.403 e. The monoisotopic (exact) mass is 469 g/mol. The van der Waals surface area contributed by atoms with E-state index in [0.29, 0.717) is 5.69 Å². The van der Waals surface area contributed by atoms with Crippen LogP contribution in [0.5, 0.6) is 0 Å². The van der Waals surface area contributed by atoms with Gasteiger partial charge in [0.15, 0.2) is 0 Å². The number of hydrogen-bond donors (Lipinski definition) is 0. The first kappa shape index (κ1) is 18.9. The third-order valence-corrected chi connectivity index (χ3v) is 5.79. The minimum Gasteiger partial charge on any atom is -0.347 e. The van der Waals surface area contributed by atoms with Crippen LogP contribution in [0.3, 0.4) is 0 Å². The molecule has 1 heterocycles. The van der Waals surface area contributed by atoms with E-state index in [-0.39, 0.29) is 27.2 Å². The molecule has 1 nitrogen and oxygen atoms in total. The molecule has 2 aromatic rings. The zero-order chi connectivity index (χ0) is 18.4. The van der Waals surface area contributed by atoms with Crippen molar-refractivity contribution in [2.45, 2.75) is 11.6 Å². The standard InChI is InChI=1S/C17H10BrCl3F3N/c18-11-2-1-3-12(8-11)25-5-4-16(9-25,17(22,23)24)10-6-13(19)15(21)14(20)7-10/h1-8H,9H2. The number of anilines is 1. The van der Waals surface area contributed by atoms with E-state index in [1.54, 1.807) is 24.3 Å². The molecule has 3 rings (SSSR count). The van der Waals surface area contributed by atoms with E-state index >= 15 is 0 Å². The first-order valence-electron chi connectivity index (χ1n) is 7.07. The van der Waals surface area contributed by atoms with Crippen molar-refractivity contribution in [2.24, 2.45) is 0 Å². The van der Waals surface area contributed by atoms with E-state index in [4.69, 9.17) is 34.8 Å². The van der Waals surface area contributed by atoms with Gasteiger partial charge in [0.2, 0.25) is 0 Å². The highest BCUT2D eigenvalue weighted by molar-refractivity contribution is 9.10. The summed E-state index contributed by atoms with van der Waals surface area (Å²) >= 11 is 21.1. The summed E-state index contributed by atoms with van der Waals surface area (Å²) in [6.07, 6.45) is -1.99. The van der Waals surface area contributed by atoms with E-state index in [2.05, 4.69) is 15.9 Å². The molecule has 8 heteroatoms. The maximum absolute atomic E-state index is 14.0. The van der Waals surface area contributed by atoms with Crippen LogP contribution < -0.4 is 4.90 Å². The fraction of sp³-hybridized carbons (Fsp3) is 0.176. The maximum atomic E-state index is 14.0. The molecule has 1 aliphatic heterocycles. The van der Waals surface area contributed by atoms with Gasteiger partial charge in [-0.1, -0.05) is 56.8 Å². The fourth-order valence-corrected chi connectivity index (χ4v) is 3.76. The summed E-state index contributed by atoms with van der Waals surface area (Å²) in [5.74, 6) is 0. The molecule has 0 saturated heterocycles. The molecule has 25 heavy (non-hydrogen) atoms. The number of halogens is 7. The van der Waals surface area contributed by atoms with E-state index in [0.717, 1.165) is 10.5 Å². The number of hydrogen-bond acceptors (Lipinski definition) is 1. The average molecular weight is 472 g/mol. The van der Waals surface area contributed by atoms with Gasteiger partial charge in [-0.05, 0) is 42.0 Å². The van der Waals surface area contributed by atoms with E-state index in [9.17, 15) is 13.2 Å². The lowest BCUT2D eigenvalue weighted by molar-refractivity contribution is -0.171. The molecule has 2 aromatic carbocycles. The van der Waals surface area contributed by atoms with Crippen LogP contribution in [0.15, 0.2) is 53.1 Å². The predicted octanol–water partition coefficient (Wildman–Crippen LogP) is 7.24. The first-order chi connectivity index (χ1) is 11.6. The summed E-state index contributed by atoms with van der Waals surface area (Å²) in [4.78, 5) is 1.54. The largest absolute Gasteiger partial charge is 0.403 e. The van der Waals surface area contributed by atoms with Gasteiger partial charge < -0.3 is 4.90 Å². The molecular formula is C17H10BrCl3F3N. The third kappa shape index (κ3) is 3.39. The summed E-state index contributed by atoms with van der Waals surface area (Å²) in [6.45, 7) is -0.318. The Bertz CT molecular complexity index is 830. The SMILES string of the molecule is FC(F)(F)C1(c2cc(Cl)c(Cl)c(Cl)c2)C=CN(c2cccc(Br)c2)C1. The number of nitrogens with zero attached hydrogens (tertiary/aromatic N) is 1. The lowest BCUT2D eigenvalue weighted by Gasteiger charge is -2.33. The Morgan fingerprint density at radius 3 is 2.24 bits per heavy atom. The molecule has 1 unspecified atom stereocenters. The van der Waals surface area contributed by atoms with E-state index in [1.165, 1.54) is 23.2 Å². The van der Waals surface area contributed by atoms with Crippen molar-refractivity contribution in [1.29, 1.82) is 0 Å². The number of rotatable bonds is 2. The molecular weight excluding hydrogens is 461 g/mol. The Kier molecular flexibility index (Phi) is 5.06. The van der Waals surface area contributed by atoms with Gasteiger partial charge in [-0.25, -0.2) is 0 Å². The molecule has 1 aliphatic rings. The topological polar surface area (TPSA) is 3.24 Å². The normalized spacial score (nSPS) is 20.4. The van der Waals surface area contributed by atoms with Gasteiger partial charge in [0.25, 0.3) is 0 Å². The minimum atomic E-state index is -4.54. The lowest BCUT2D eigenvalue weighted by atomic mass is 9.80. The van der Waals surface area contributed by atoms with Crippen LogP contribution in [0.4, 0.5) is 18.9 Å². The second-order valence-corrected chi connectivity index (χ2v) is 7.75. The summed E-state index contributed by atoms with van der Waals surface area (Å²) in [5, 5.41) is 0.0134. The van der Waals surface area contributed by atoms with Crippen LogP contribution >= 0.6 is 50.7 Å². The van der Waals surface area contributed by atoms with Crippen LogP contribution in [0.2, 0.25) is 15.1 Å². The zero-order valence-corrected chi connectivity index (χ0v) is 16.3. The van der Waals surface area contributed by atoms with Crippen molar-refractivity contribution in [1.82, 2.24) is 0 Å². The molecule has 0 spiro atoms. The van der Waals surface area contributed by atoms with Crippen molar-refractivity contribution in [2.75, 3.05) is 11.4 Å². The summed E-state index contributed by atoms with van der Waals surface area (Å²) in [5.41, 5.74) is -1.64. The van der Waals surface area contributed by atoms with Crippen molar-refractivity contribution in [3.8, 4) is 0 Å². The molecule has 0 fully saturated rings. The van der Waals surface area contributed by atoms with Crippen LogP contribution in [0.1, 0.15) is 5.56 Å². The smallest absolute Gasteiger partial charge is 0.347 e. The Balaban J connectivity index is 2.08. The minimum absolute atomic E-state index is 0.0119. The molecule has 0 bridgehead atoms. The second-order valence-electron chi connectivity index (χ2n) is 5.65. The Hall–Kier alpha value is -0.880. The lowest BCUT2D eigenvalue weighted by Crippen LogP contribution is -2.45. The summed E-state index contributed by atoms with van der Waals surface area (Å²) in [6, 6.07) is 9.49. The molecule has 0 saturated carbocycles. The van der Waals surface area contributed by atoms with Crippen LogP contribution in [-0.2, 0) is 5.41 Å². The van der Waals surface area contributed by atoms with Gasteiger partial charge in [-0.15, -0.1) is 0 Å². The van der Waals surface area contributed by atoms with Gasteiger partial charge in [-0.3, -0.25) is 0 Å². The summed E-state index contributed by atoms with van der Waals surface area (Å²) < 4.78 is 42.9. The van der Waals surface area contributed by atoms with Crippen molar-refractivity contribution in [3.63, 3.8) is 0 Å². The third-order valence-electron chi connectivity index (χ3n) is 4.10. The Morgan fingerprint density at radius 2 is 1.68 bits per heavy atom. The van der Waals surface area contributed by atoms with Gasteiger partial charge in [-0.2, -0.15) is 13.2 Å². The highest BCUT2D eigenvalue weighted by Gasteiger charge is 2.57. The first-order valence-corrected chi connectivity index (χ1v) is 9.00. The fourth-order valence-electron chi connectivity index (χ4n) is 2.77. The molecule has 0 amide bonds. The highest BCUT2D eigenvalue weighted by Crippen LogP contribution is 2.48. The van der Waals surface area contributed by atoms with Gasteiger partial charge in [0.05, 0.1) is 15.1 Å². The van der Waals surface area contributed by atoms with Gasteiger partial charge >= 0.3 is 6.18 Å². The Morgan fingerprint density at radius 1 is 1.04 bits per heavy atom.